The Labute approximate surface area is 125 Å². The highest BCUT2D eigenvalue weighted by atomic mass is 32.1. The van der Waals surface area contributed by atoms with Crippen LogP contribution in [0.15, 0.2) is 18.2 Å². The van der Waals surface area contributed by atoms with E-state index in [4.69, 9.17) is 17.0 Å². The second kappa shape index (κ2) is 6.29. The maximum absolute atomic E-state index is 5.40. The van der Waals surface area contributed by atoms with E-state index in [-0.39, 0.29) is 0 Å². The van der Waals surface area contributed by atoms with Gasteiger partial charge in [0, 0.05) is 12.2 Å². The molecule has 0 unspecified atom stereocenters. The van der Waals surface area contributed by atoms with Crippen molar-refractivity contribution in [2.75, 3.05) is 6.61 Å². The van der Waals surface area contributed by atoms with Gasteiger partial charge in [0.05, 0.1) is 5.69 Å². The lowest BCUT2D eigenvalue weighted by atomic mass is 9.99. The highest BCUT2D eigenvalue weighted by molar-refractivity contribution is 7.71. The lowest BCUT2D eigenvalue weighted by Crippen LogP contribution is -2.01. The molecule has 0 saturated carbocycles. The van der Waals surface area contributed by atoms with Gasteiger partial charge in [-0.25, -0.2) is 4.98 Å². The normalized spacial score (nSPS) is 10.8. The topological polar surface area (TPSA) is 37.9 Å². The quantitative estimate of drug-likeness (QED) is 0.854. The van der Waals surface area contributed by atoms with Crippen molar-refractivity contribution in [2.45, 2.75) is 34.3 Å². The van der Waals surface area contributed by atoms with Crippen molar-refractivity contribution in [1.82, 2.24) is 9.97 Å². The molecule has 20 heavy (non-hydrogen) atoms. The molecule has 106 valence electrons. The first kappa shape index (κ1) is 14.9. The van der Waals surface area contributed by atoms with Crippen LogP contribution in [0.2, 0.25) is 0 Å². The van der Waals surface area contributed by atoms with Crippen LogP contribution >= 0.6 is 12.2 Å². The standard InChI is InChI=1S/C16H20N2OS/c1-5-19-9-15-17-14(8-16(20)18-15)13-7-11(3)10(2)6-12(13)4/h6-8H,5,9H2,1-4H3,(H,17,18,20). The van der Waals surface area contributed by atoms with Gasteiger partial charge in [-0.3, -0.25) is 0 Å². The van der Waals surface area contributed by atoms with Crippen molar-refractivity contribution in [3.63, 3.8) is 0 Å². The number of H-pyrrole nitrogens is 1. The van der Waals surface area contributed by atoms with Crippen molar-refractivity contribution >= 4 is 12.2 Å². The van der Waals surface area contributed by atoms with Gasteiger partial charge in [-0.2, -0.15) is 0 Å². The van der Waals surface area contributed by atoms with Crippen LogP contribution in [0.25, 0.3) is 11.3 Å². The number of ether oxygens (including phenoxy) is 1. The summed E-state index contributed by atoms with van der Waals surface area (Å²) in [5.74, 6) is 0.770. The predicted octanol–water partition coefficient (Wildman–Crippen LogP) is 4.27. The molecule has 0 amide bonds. The fourth-order valence-electron chi connectivity index (χ4n) is 2.17. The number of nitrogens with zero attached hydrogens (tertiary/aromatic N) is 1. The van der Waals surface area contributed by atoms with E-state index >= 15 is 0 Å². The van der Waals surface area contributed by atoms with Crippen LogP contribution in [0.1, 0.15) is 29.4 Å². The van der Waals surface area contributed by atoms with Crippen molar-refractivity contribution in [3.05, 3.63) is 45.4 Å². The summed E-state index contributed by atoms with van der Waals surface area (Å²) in [7, 11) is 0. The molecule has 4 heteroatoms. The van der Waals surface area contributed by atoms with Gasteiger partial charge in [-0.1, -0.05) is 18.3 Å². The van der Waals surface area contributed by atoms with Crippen molar-refractivity contribution in [2.24, 2.45) is 0 Å². The molecule has 2 aromatic rings. The Bertz CT molecular complexity index is 677. The first-order valence-electron chi connectivity index (χ1n) is 6.77. The summed E-state index contributed by atoms with van der Waals surface area (Å²) in [6, 6.07) is 6.29. The van der Waals surface area contributed by atoms with Crippen LogP contribution in [0, 0.1) is 25.4 Å². The molecule has 1 aromatic carbocycles. The molecule has 1 N–H and O–H groups in total. The number of aromatic amines is 1. The summed E-state index contributed by atoms with van der Waals surface area (Å²) in [6.45, 7) is 9.44. The number of benzene rings is 1. The molecule has 0 atom stereocenters. The van der Waals surface area contributed by atoms with E-state index in [1.807, 2.05) is 13.0 Å². The summed E-state index contributed by atoms with van der Waals surface area (Å²) < 4.78 is 5.99. The zero-order valence-electron chi connectivity index (χ0n) is 12.4. The predicted molar refractivity (Wildman–Crippen MR) is 84.4 cm³/mol. The first-order valence-corrected chi connectivity index (χ1v) is 7.18. The molecule has 0 aliphatic carbocycles. The largest absolute Gasteiger partial charge is 0.374 e. The third-order valence-electron chi connectivity index (χ3n) is 3.37. The molecule has 0 saturated heterocycles. The third kappa shape index (κ3) is 3.32. The van der Waals surface area contributed by atoms with Crippen molar-refractivity contribution in [3.8, 4) is 11.3 Å². The van der Waals surface area contributed by atoms with Crippen molar-refractivity contribution in [1.29, 1.82) is 0 Å². The van der Waals surface area contributed by atoms with Gasteiger partial charge in [0.1, 0.15) is 17.1 Å². The highest BCUT2D eigenvalue weighted by Gasteiger charge is 2.07. The Kier molecular flexibility index (Phi) is 4.68. The zero-order chi connectivity index (χ0) is 14.7. The van der Waals surface area contributed by atoms with Crippen LogP contribution in [0.4, 0.5) is 0 Å². The molecular weight excluding hydrogens is 268 g/mol. The van der Waals surface area contributed by atoms with Crippen LogP contribution in [0.5, 0.6) is 0 Å². The summed E-state index contributed by atoms with van der Waals surface area (Å²) in [4.78, 5) is 7.62. The average molecular weight is 288 g/mol. The fourth-order valence-corrected chi connectivity index (χ4v) is 2.40. The minimum absolute atomic E-state index is 0.456. The molecule has 0 aliphatic rings. The first-order chi connectivity index (χ1) is 9.51. The van der Waals surface area contributed by atoms with Gasteiger partial charge in [0.25, 0.3) is 0 Å². The van der Waals surface area contributed by atoms with E-state index in [2.05, 4.69) is 42.9 Å². The number of aryl methyl sites for hydroxylation is 3. The molecule has 1 heterocycles. The molecule has 0 bridgehead atoms. The fraction of sp³-hybridized carbons (Fsp3) is 0.375. The number of hydrogen-bond acceptors (Lipinski definition) is 3. The van der Waals surface area contributed by atoms with Gasteiger partial charge >= 0.3 is 0 Å². The summed E-state index contributed by atoms with van der Waals surface area (Å²) >= 11 is 5.25. The second-order valence-electron chi connectivity index (χ2n) is 4.97. The monoisotopic (exact) mass is 288 g/mol. The zero-order valence-corrected chi connectivity index (χ0v) is 13.2. The molecule has 3 nitrogen and oxygen atoms in total. The van der Waals surface area contributed by atoms with E-state index in [1.54, 1.807) is 0 Å². The maximum atomic E-state index is 5.40. The average Bonchev–Trinajstić information content (AvgIpc) is 2.40. The second-order valence-corrected chi connectivity index (χ2v) is 5.39. The summed E-state index contributed by atoms with van der Waals surface area (Å²) in [6.07, 6.45) is 0. The Morgan fingerprint density at radius 1 is 1.10 bits per heavy atom. The summed E-state index contributed by atoms with van der Waals surface area (Å²) in [5, 5.41) is 0. The van der Waals surface area contributed by atoms with Crippen molar-refractivity contribution < 1.29 is 4.74 Å². The highest BCUT2D eigenvalue weighted by Crippen LogP contribution is 2.25. The Hall–Kier alpha value is -1.52. The van der Waals surface area contributed by atoms with E-state index in [0.717, 1.165) is 11.5 Å². The number of nitrogens with one attached hydrogen (secondary N) is 1. The van der Waals surface area contributed by atoms with Crippen LogP contribution in [-0.4, -0.2) is 16.6 Å². The lowest BCUT2D eigenvalue weighted by Gasteiger charge is -2.11. The molecular formula is C16H20N2OS. The Balaban J connectivity index is 2.49. The van der Waals surface area contributed by atoms with Gasteiger partial charge in [-0.15, -0.1) is 0 Å². The van der Waals surface area contributed by atoms with Crippen LogP contribution in [0.3, 0.4) is 0 Å². The van der Waals surface area contributed by atoms with Crippen LogP contribution < -0.4 is 0 Å². The third-order valence-corrected chi connectivity index (χ3v) is 3.57. The summed E-state index contributed by atoms with van der Waals surface area (Å²) in [5.41, 5.74) is 5.97. The molecule has 0 spiro atoms. The van der Waals surface area contributed by atoms with E-state index < -0.39 is 0 Å². The molecule has 0 fully saturated rings. The van der Waals surface area contributed by atoms with E-state index in [0.29, 0.717) is 17.9 Å². The minimum Gasteiger partial charge on any atom is -0.374 e. The Morgan fingerprint density at radius 3 is 2.50 bits per heavy atom. The van der Waals surface area contributed by atoms with Gasteiger partial charge in [0.2, 0.25) is 0 Å². The molecule has 0 radical (unpaired) electrons. The minimum atomic E-state index is 0.456. The Morgan fingerprint density at radius 2 is 1.80 bits per heavy atom. The number of aromatic nitrogens is 2. The maximum Gasteiger partial charge on any atom is 0.134 e. The van der Waals surface area contributed by atoms with Gasteiger partial charge in [0.15, 0.2) is 0 Å². The lowest BCUT2D eigenvalue weighted by molar-refractivity contribution is 0.128. The van der Waals surface area contributed by atoms with Gasteiger partial charge in [-0.05, 0) is 56.5 Å². The van der Waals surface area contributed by atoms with Gasteiger partial charge < -0.3 is 9.72 Å². The molecule has 0 aliphatic heterocycles. The van der Waals surface area contributed by atoms with E-state index in [1.165, 1.54) is 22.3 Å². The number of rotatable bonds is 4. The molecule has 1 aromatic heterocycles. The van der Waals surface area contributed by atoms with E-state index in [9.17, 15) is 0 Å². The SMILES string of the molecule is CCOCc1nc(=S)cc(-c2cc(C)c(C)cc2C)[nH]1. The van der Waals surface area contributed by atoms with Crippen LogP contribution in [-0.2, 0) is 11.3 Å². The molecule has 2 rings (SSSR count). The smallest absolute Gasteiger partial charge is 0.134 e. The number of hydrogen-bond donors (Lipinski definition) is 1.